The van der Waals surface area contributed by atoms with Crippen molar-refractivity contribution >= 4 is 0 Å². The van der Waals surface area contributed by atoms with Crippen molar-refractivity contribution in [1.82, 2.24) is 14.9 Å². The largest absolute Gasteiger partial charge is 0.393 e. The maximum absolute atomic E-state index is 9.58. The summed E-state index contributed by atoms with van der Waals surface area (Å²) in [6.45, 7) is 2.00. The lowest BCUT2D eigenvalue weighted by Crippen LogP contribution is -2.30. The predicted molar refractivity (Wildman–Crippen MR) is 67.7 cm³/mol. The first-order chi connectivity index (χ1) is 8.25. The quantitative estimate of drug-likeness (QED) is 0.754. The van der Waals surface area contributed by atoms with Crippen LogP contribution in [0.2, 0.25) is 0 Å². The second-order valence-corrected chi connectivity index (χ2v) is 5.09. The van der Waals surface area contributed by atoms with Gasteiger partial charge in [-0.05, 0) is 31.7 Å². The summed E-state index contributed by atoms with van der Waals surface area (Å²) in [5.74, 6) is 1.78. The zero-order valence-corrected chi connectivity index (χ0v) is 10.6. The molecule has 0 radical (unpaired) electrons. The highest BCUT2D eigenvalue weighted by Gasteiger charge is 2.19. The van der Waals surface area contributed by atoms with Gasteiger partial charge in [-0.3, -0.25) is 0 Å². The topological polar surface area (TPSA) is 50.1 Å². The summed E-state index contributed by atoms with van der Waals surface area (Å²) in [6.07, 6.45) is 9.11. The van der Waals surface area contributed by atoms with Crippen molar-refractivity contribution < 1.29 is 5.11 Å². The summed E-state index contributed by atoms with van der Waals surface area (Å²) in [6, 6.07) is 0. The molecular formula is C13H23N3O. The Hall–Kier alpha value is -0.870. The molecule has 2 unspecified atom stereocenters. The molecule has 96 valence electrons. The lowest BCUT2D eigenvalue weighted by molar-refractivity contribution is 0.101. The molecule has 1 fully saturated rings. The first-order valence-electron chi connectivity index (χ1n) is 6.60. The van der Waals surface area contributed by atoms with Gasteiger partial charge in [-0.2, -0.15) is 0 Å². The molecule has 0 spiro atoms. The second kappa shape index (κ2) is 6.17. The number of rotatable bonds is 5. The Morgan fingerprint density at radius 1 is 1.53 bits per heavy atom. The number of nitrogens with zero attached hydrogens (tertiary/aromatic N) is 2. The SMILES string of the molecule is Cn1ccnc1CCNCC1CCCC(O)C1. The molecule has 1 aliphatic rings. The minimum atomic E-state index is -0.0647. The third-order valence-electron chi connectivity index (χ3n) is 3.63. The summed E-state index contributed by atoms with van der Waals surface area (Å²) in [5, 5.41) is 13.1. The van der Waals surface area contributed by atoms with Crippen molar-refractivity contribution in [3.05, 3.63) is 18.2 Å². The number of aromatic nitrogens is 2. The highest BCUT2D eigenvalue weighted by atomic mass is 16.3. The normalized spacial score (nSPS) is 25.1. The van der Waals surface area contributed by atoms with Crippen molar-refractivity contribution in [2.24, 2.45) is 13.0 Å². The Bertz CT molecular complexity index is 337. The number of imidazole rings is 1. The van der Waals surface area contributed by atoms with E-state index in [4.69, 9.17) is 0 Å². The molecule has 4 heteroatoms. The zero-order chi connectivity index (χ0) is 12.1. The summed E-state index contributed by atoms with van der Waals surface area (Å²) >= 11 is 0. The van der Waals surface area contributed by atoms with Crippen LogP contribution in [-0.4, -0.2) is 33.9 Å². The van der Waals surface area contributed by atoms with Crippen molar-refractivity contribution in [2.75, 3.05) is 13.1 Å². The van der Waals surface area contributed by atoms with E-state index in [1.54, 1.807) is 0 Å². The Balaban J connectivity index is 1.61. The number of hydrogen-bond acceptors (Lipinski definition) is 3. The van der Waals surface area contributed by atoms with Crippen LogP contribution in [0.5, 0.6) is 0 Å². The fourth-order valence-corrected chi connectivity index (χ4v) is 2.59. The first kappa shape index (κ1) is 12.6. The van der Waals surface area contributed by atoms with E-state index in [1.165, 1.54) is 12.8 Å². The zero-order valence-electron chi connectivity index (χ0n) is 10.6. The molecule has 0 amide bonds. The second-order valence-electron chi connectivity index (χ2n) is 5.09. The molecule has 17 heavy (non-hydrogen) atoms. The molecule has 4 nitrogen and oxygen atoms in total. The maximum Gasteiger partial charge on any atom is 0.109 e. The van der Waals surface area contributed by atoms with Crippen LogP contribution in [0.3, 0.4) is 0 Å². The van der Waals surface area contributed by atoms with E-state index >= 15 is 0 Å². The van der Waals surface area contributed by atoms with Crippen molar-refractivity contribution in [3.8, 4) is 0 Å². The van der Waals surface area contributed by atoms with Gasteiger partial charge in [0.2, 0.25) is 0 Å². The number of aliphatic hydroxyl groups excluding tert-OH is 1. The number of aliphatic hydroxyl groups is 1. The Labute approximate surface area is 103 Å². The molecule has 1 heterocycles. The summed E-state index contributed by atoms with van der Waals surface area (Å²) in [4.78, 5) is 4.30. The monoisotopic (exact) mass is 237 g/mol. The van der Waals surface area contributed by atoms with Gasteiger partial charge in [-0.15, -0.1) is 0 Å². The smallest absolute Gasteiger partial charge is 0.109 e. The fraction of sp³-hybridized carbons (Fsp3) is 0.769. The molecule has 1 saturated carbocycles. The third kappa shape index (κ3) is 3.82. The molecule has 2 N–H and O–H groups in total. The van der Waals surface area contributed by atoms with Crippen molar-refractivity contribution in [1.29, 1.82) is 0 Å². The highest BCUT2D eigenvalue weighted by molar-refractivity contribution is 4.91. The van der Waals surface area contributed by atoms with Gasteiger partial charge in [-0.1, -0.05) is 6.42 Å². The predicted octanol–water partition coefficient (Wildman–Crippen LogP) is 1.10. The fourth-order valence-electron chi connectivity index (χ4n) is 2.59. The standard InChI is InChI=1S/C13H23N3O/c1-16-8-7-15-13(16)5-6-14-10-11-3-2-4-12(17)9-11/h7-8,11-12,14,17H,2-6,9-10H2,1H3. The van der Waals surface area contributed by atoms with E-state index in [0.29, 0.717) is 5.92 Å². The molecule has 0 saturated heterocycles. The van der Waals surface area contributed by atoms with E-state index in [1.807, 2.05) is 19.4 Å². The van der Waals surface area contributed by atoms with Crippen LogP contribution in [0.25, 0.3) is 0 Å². The Kier molecular flexibility index (Phi) is 4.57. The van der Waals surface area contributed by atoms with Crippen LogP contribution >= 0.6 is 0 Å². The number of hydrogen-bond donors (Lipinski definition) is 2. The molecule has 0 aromatic carbocycles. The van der Waals surface area contributed by atoms with Gasteiger partial charge in [0, 0.05) is 32.4 Å². The average Bonchev–Trinajstić information content (AvgIpc) is 2.71. The van der Waals surface area contributed by atoms with Gasteiger partial charge in [0.1, 0.15) is 5.82 Å². The lowest BCUT2D eigenvalue weighted by atomic mass is 9.87. The number of nitrogens with one attached hydrogen (secondary N) is 1. The molecule has 0 aliphatic heterocycles. The van der Waals surface area contributed by atoms with Crippen LogP contribution in [0, 0.1) is 5.92 Å². The van der Waals surface area contributed by atoms with Gasteiger partial charge in [0.05, 0.1) is 6.10 Å². The molecule has 1 aromatic rings. The minimum Gasteiger partial charge on any atom is -0.393 e. The molecule has 2 atom stereocenters. The lowest BCUT2D eigenvalue weighted by Gasteiger charge is -2.25. The summed E-state index contributed by atoms with van der Waals surface area (Å²) < 4.78 is 2.06. The molecule has 0 bridgehead atoms. The van der Waals surface area contributed by atoms with Crippen LogP contribution in [0.15, 0.2) is 12.4 Å². The van der Waals surface area contributed by atoms with E-state index in [0.717, 1.165) is 38.2 Å². The molecule has 1 aromatic heterocycles. The van der Waals surface area contributed by atoms with E-state index < -0.39 is 0 Å². The third-order valence-corrected chi connectivity index (χ3v) is 3.63. The first-order valence-corrected chi connectivity index (χ1v) is 6.60. The maximum atomic E-state index is 9.58. The number of aryl methyl sites for hydroxylation is 1. The van der Waals surface area contributed by atoms with Crippen LogP contribution < -0.4 is 5.32 Å². The van der Waals surface area contributed by atoms with E-state index in [9.17, 15) is 5.11 Å². The Morgan fingerprint density at radius 2 is 2.41 bits per heavy atom. The average molecular weight is 237 g/mol. The van der Waals surface area contributed by atoms with Crippen molar-refractivity contribution in [2.45, 2.75) is 38.2 Å². The van der Waals surface area contributed by atoms with Gasteiger partial charge in [-0.25, -0.2) is 4.98 Å². The van der Waals surface area contributed by atoms with Crippen molar-refractivity contribution in [3.63, 3.8) is 0 Å². The van der Waals surface area contributed by atoms with Gasteiger partial charge >= 0.3 is 0 Å². The molecular weight excluding hydrogens is 214 g/mol. The van der Waals surface area contributed by atoms with Gasteiger partial charge < -0.3 is 15.0 Å². The Morgan fingerprint density at radius 3 is 3.12 bits per heavy atom. The molecule has 2 rings (SSSR count). The highest BCUT2D eigenvalue weighted by Crippen LogP contribution is 2.23. The van der Waals surface area contributed by atoms with Crippen LogP contribution in [0.1, 0.15) is 31.5 Å². The van der Waals surface area contributed by atoms with Crippen LogP contribution in [-0.2, 0) is 13.5 Å². The van der Waals surface area contributed by atoms with Gasteiger partial charge in [0.25, 0.3) is 0 Å². The van der Waals surface area contributed by atoms with E-state index in [-0.39, 0.29) is 6.10 Å². The van der Waals surface area contributed by atoms with Crippen LogP contribution in [0.4, 0.5) is 0 Å². The molecule has 1 aliphatic carbocycles. The summed E-state index contributed by atoms with van der Waals surface area (Å²) in [5.41, 5.74) is 0. The summed E-state index contributed by atoms with van der Waals surface area (Å²) in [7, 11) is 2.03. The minimum absolute atomic E-state index is 0.0647. The van der Waals surface area contributed by atoms with Gasteiger partial charge in [0.15, 0.2) is 0 Å². The van der Waals surface area contributed by atoms with E-state index in [2.05, 4.69) is 14.9 Å².